The van der Waals surface area contributed by atoms with Crippen LogP contribution in [0.25, 0.3) is 10.9 Å². The number of aromatic nitrogens is 6. The molecule has 76 heavy (non-hydrogen) atoms. The van der Waals surface area contributed by atoms with Crippen molar-refractivity contribution in [2.24, 2.45) is 5.92 Å². The Hall–Kier alpha value is -7.10. The first-order valence-corrected chi connectivity index (χ1v) is 27.9. The van der Waals surface area contributed by atoms with Crippen LogP contribution in [0.3, 0.4) is 0 Å². The Morgan fingerprint density at radius 1 is 0.895 bits per heavy atom. The predicted molar refractivity (Wildman–Crippen MR) is 284 cm³/mol. The molecular weight excluding hydrogens is 993 g/mol. The molecular formula is C54H70N12O9S. The average molecular weight is 1060 g/mol. The maximum absolute atomic E-state index is 15.0. The highest BCUT2D eigenvalue weighted by Gasteiger charge is 2.46. The Morgan fingerprint density at radius 3 is 2.30 bits per heavy atom. The lowest BCUT2D eigenvalue weighted by Gasteiger charge is -2.36. The van der Waals surface area contributed by atoms with Crippen LogP contribution < -0.4 is 30.3 Å². The minimum Gasteiger partial charge on any atom is -0.489 e. The molecule has 21 nitrogen and oxygen atoms in total. The van der Waals surface area contributed by atoms with Crippen LogP contribution in [0.5, 0.6) is 11.5 Å². The van der Waals surface area contributed by atoms with E-state index in [1.807, 2.05) is 36.9 Å². The summed E-state index contributed by atoms with van der Waals surface area (Å²) in [6, 6.07) is 8.14. The van der Waals surface area contributed by atoms with Crippen molar-refractivity contribution in [2.45, 2.75) is 158 Å². The first-order valence-electron chi connectivity index (χ1n) is 26.4. The van der Waals surface area contributed by atoms with Crippen molar-refractivity contribution in [3.05, 3.63) is 77.5 Å². The van der Waals surface area contributed by atoms with Crippen molar-refractivity contribution in [1.29, 1.82) is 0 Å². The summed E-state index contributed by atoms with van der Waals surface area (Å²) >= 11 is 0. The fourth-order valence-corrected chi connectivity index (χ4v) is 12.1. The van der Waals surface area contributed by atoms with Crippen LogP contribution in [0.4, 0.5) is 22.4 Å². The number of fused-ring (bicyclic) bond motifs is 2. The number of amides is 4. The van der Waals surface area contributed by atoms with Crippen LogP contribution in [0.1, 0.15) is 120 Å². The SMILES string of the molecule is Cc1[nH]nc(Nc2ncnc3cc(OC4CCN(c5ncc(O[C@H]6C[C@@H](C(=O)N[C@@H]7CCCc8ccccc87)N(C(=O)[C@@H](NC(=O)[C@H](C)N(C)C(=O)O)C7CCCCC7)C6)cn5)CC4)c(S(=O)(=O)C(C)(C)C)cc23)c1C. The number of hydrogen-bond acceptors (Lipinski definition) is 15. The topological polar surface area (TPSA) is 267 Å². The van der Waals surface area contributed by atoms with Gasteiger partial charge in [-0.05, 0) is 96.8 Å². The molecule has 5 heterocycles. The van der Waals surface area contributed by atoms with Crippen molar-refractivity contribution >= 4 is 62.1 Å². The number of rotatable bonds is 15. The number of carbonyl (C=O) groups is 4. The zero-order valence-corrected chi connectivity index (χ0v) is 45.2. The van der Waals surface area contributed by atoms with Crippen molar-refractivity contribution in [3.8, 4) is 11.5 Å². The van der Waals surface area contributed by atoms with Gasteiger partial charge < -0.3 is 40.3 Å². The second-order valence-electron chi connectivity index (χ2n) is 21.7. The summed E-state index contributed by atoms with van der Waals surface area (Å²) in [6.45, 7) is 11.4. The minimum absolute atomic E-state index is 0.0461. The number of likely N-dealkylation sites (tertiary alicyclic amines) is 1. The summed E-state index contributed by atoms with van der Waals surface area (Å²) < 4.78 is 40.3. The maximum Gasteiger partial charge on any atom is 0.407 e. The molecule has 5 atom stereocenters. The highest BCUT2D eigenvalue weighted by atomic mass is 32.2. The van der Waals surface area contributed by atoms with Crippen LogP contribution in [0.2, 0.25) is 0 Å². The van der Waals surface area contributed by atoms with Gasteiger partial charge in [-0.1, -0.05) is 43.5 Å². The third kappa shape index (κ3) is 11.4. The lowest BCUT2D eigenvalue weighted by atomic mass is 9.83. The van der Waals surface area contributed by atoms with Gasteiger partial charge in [0.2, 0.25) is 23.7 Å². The third-order valence-corrected chi connectivity index (χ3v) is 18.2. The molecule has 0 radical (unpaired) electrons. The molecule has 1 saturated carbocycles. The number of benzene rings is 2. The highest BCUT2D eigenvalue weighted by molar-refractivity contribution is 7.92. The van der Waals surface area contributed by atoms with Gasteiger partial charge in [0.1, 0.15) is 53.1 Å². The maximum atomic E-state index is 15.0. The van der Waals surface area contributed by atoms with Crippen LogP contribution in [-0.4, -0.2) is 139 Å². The van der Waals surface area contributed by atoms with Gasteiger partial charge in [-0.25, -0.2) is 33.1 Å². The molecule has 2 aliphatic carbocycles. The smallest absolute Gasteiger partial charge is 0.407 e. The monoisotopic (exact) mass is 1060 g/mol. The van der Waals surface area contributed by atoms with Crippen molar-refractivity contribution in [2.75, 3.05) is 36.9 Å². The first-order chi connectivity index (χ1) is 36.3. The molecule has 0 spiro atoms. The molecule has 4 aliphatic rings. The number of carbonyl (C=O) groups excluding carboxylic acids is 3. The Morgan fingerprint density at radius 2 is 1.62 bits per heavy atom. The molecule has 2 aliphatic heterocycles. The molecule has 0 bridgehead atoms. The Labute approximate surface area is 443 Å². The Balaban J connectivity index is 0.892. The third-order valence-electron chi connectivity index (χ3n) is 15.7. The summed E-state index contributed by atoms with van der Waals surface area (Å²) in [7, 11) is -2.59. The molecule has 22 heteroatoms. The molecule has 5 N–H and O–H groups in total. The summed E-state index contributed by atoms with van der Waals surface area (Å²) in [5.41, 5.74) is 4.54. The van der Waals surface area contributed by atoms with E-state index in [1.54, 1.807) is 45.3 Å². The number of likely N-dealkylation sites (N-methyl/N-ethyl adjacent to an activating group) is 1. The normalized spacial score (nSPS) is 20.3. The Kier molecular flexibility index (Phi) is 15.7. The zero-order chi connectivity index (χ0) is 54.1. The second kappa shape index (κ2) is 22.2. The molecule has 4 amide bonds. The number of sulfone groups is 1. The quantitative estimate of drug-likeness (QED) is 0.0727. The summed E-state index contributed by atoms with van der Waals surface area (Å²) in [5.74, 6) is 0.517. The molecule has 406 valence electrons. The van der Waals surface area contributed by atoms with E-state index in [0.29, 0.717) is 73.0 Å². The van der Waals surface area contributed by atoms with Crippen molar-refractivity contribution < 1.29 is 42.2 Å². The standard InChI is InChI=1S/C54H70N12O9S/c1-31-32(2)62-63-47(31)61-48-40-25-45(76(72,73)54(4,5)6)44(26-42(40)57-30-58-48)75-36-20-22-65(23-21-36)52-55-27-38(28-56-52)74-37-24-43(50(68)59-41-19-13-17-34-14-11-12-18-39(34)41)66(29-37)51(69)46(35-15-9-8-10-16-35)60-49(67)33(3)64(7)53(70)71/h11-12,14,18,25-28,30,33,35-37,41,43,46H,8-10,13,15-17,19-24,29H2,1-7H3,(H,59,68)(H,60,67)(H,70,71)(H2,57,58,61,62,63)/t33-,37-,41+,43-,46-/m0/s1. The number of aromatic amines is 1. The van der Waals surface area contributed by atoms with E-state index in [1.165, 1.54) is 30.8 Å². The van der Waals surface area contributed by atoms with Gasteiger partial charge in [0.25, 0.3) is 0 Å². The van der Waals surface area contributed by atoms with E-state index in [2.05, 4.69) is 52.2 Å². The number of nitrogens with one attached hydrogen (secondary N) is 4. The van der Waals surface area contributed by atoms with Gasteiger partial charge in [-0.2, -0.15) is 5.10 Å². The second-order valence-corrected chi connectivity index (χ2v) is 24.4. The fraction of sp³-hybridized carbons (Fsp3) is 0.537. The van der Waals surface area contributed by atoms with Crippen LogP contribution in [0.15, 0.2) is 60.0 Å². The van der Waals surface area contributed by atoms with Gasteiger partial charge in [0.15, 0.2) is 21.4 Å². The van der Waals surface area contributed by atoms with Gasteiger partial charge in [0, 0.05) is 62.1 Å². The summed E-state index contributed by atoms with van der Waals surface area (Å²) in [4.78, 5) is 77.7. The number of hydrogen-bond donors (Lipinski definition) is 5. The number of H-pyrrole nitrogens is 1. The van der Waals surface area contributed by atoms with Gasteiger partial charge in [0.05, 0.1) is 35.2 Å². The van der Waals surface area contributed by atoms with Crippen LogP contribution >= 0.6 is 0 Å². The van der Waals surface area contributed by atoms with Gasteiger partial charge in [-0.3, -0.25) is 24.4 Å². The van der Waals surface area contributed by atoms with E-state index >= 15 is 0 Å². The van der Waals surface area contributed by atoms with E-state index < -0.39 is 56.7 Å². The fourth-order valence-electron chi connectivity index (χ4n) is 10.8. The summed E-state index contributed by atoms with van der Waals surface area (Å²) in [6.07, 6.45) is 10.4. The van der Waals surface area contributed by atoms with E-state index in [-0.39, 0.29) is 47.6 Å². The minimum atomic E-state index is -3.91. The molecule has 5 aromatic rings. The molecule has 2 saturated heterocycles. The molecule has 0 unspecified atom stereocenters. The largest absolute Gasteiger partial charge is 0.489 e. The number of anilines is 3. The van der Waals surface area contributed by atoms with E-state index in [0.717, 1.165) is 60.2 Å². The number of ether oxygens (including phenoxy) is 2. The lowest BCUT2D eigenvalue weighted by molar-refractivity contribution is -0.143. The summed E-state index contributed by atoms with van der Waals surface area (Å²) in [5, 5.41) is 26.9. The van der Waals surface area contributed by atoms with Crippen LogP contribution in [0, 0.1) is 19.8 Å². The van der Waals surface area contributed by atoms with Crippen LogP contribution in [-0.2, 0) is 30.6 Å². The number of piperidine rings is 1. The van der Waals surface area contributed by atoms with E-state index in [4.69, 9.17) is 9.47 Å². The first kappa shape index (κ1) is 53.7. The average Bonchev–Trinajstić information content (AvgIpc) is 4.03. The zero-order valence-electron chi connectivity index (χ0n) is 44.3. The number of aryl methyl sites for hydroxylation is 2. The van der Waals surface area contributed by atoms with Gasteiger partial charge >= 0.3 is 6.09 Å². The Bertz CT molecular complexity index is 3060. The lowest BCUT2D eigenvalue weighted by Crippen LogP contribution is -2.58. The predicted octanol–water partition coefficient (Wildman–Crippen LogP) is 6.73. The number of nitrogens with zero attached hydrogens (tertiary/aromatic N) is 8. The molecule has 3 aromatic heterocycles. The van der Waals surface area contributed by atoms with E-state index in [9.17, 15) is 32.7 Å². The van der Waals surface area contributed by atoms with Gasteiger partial charge in [-0.15, -0.1) is 0 Å². The number of carboxylic acid groups (broad SMARTS) is 1. The highest BCUT2D eigenvalue weighted by Crippen LogP contribution is 2.39. The van der Waals surface area contributed by atoms with Crippen molar-refractivity contribution in [3.63, 3.8) is 0 Å². The molecule has 9 rings (SSSR count). The molecule has 3 fully saturated rings. The molecule has 2 aromatic carbocycles. The van der Waals surface area contributed by atoms with Crippen molar-refractivity contribution in [1.82, 2.24) is 50.6 Å².